The zero-order chi connectivity index (χ0) is 17.3. The second-order valence-electron chi connectivity index (χ2n) is 6.22. The Labute approximate surface area is 141 Å². The van der Waals surface area contributed by atoms with Crippen LogP contribution in [-0.2, 0) is 14.2 Å². The third-order valence-electron chi connectivity index (χ3n) is 4.99. The van der Waals surface area contributed by atoms with Gasteiger partial charge in [-0.1, -0.05) is 6.07 Å². The minimum absolute atomic E-state index is 0.197. The maximum atomic E-state index is 12.7. The molecule has 2 aromatic rings. The zero-order valence-corrected chi connectivity index (χ0v) is 14.6. The maximum Gasteiger partial charge on any atom is 0.268 e. The smallest absolute Gasteiger partial charge is 0.268 e. The first-order valence-electron chi connectivity index (χ1n) is 8.08. The lowest BCUT2D eigenvalue weighted by Crippen LogP contribution is -2.60. The molecule has 0 bridgehead atoms. The van der Waals surface area contributed by atoms with Crippen molar-refractivity contribution in [3.05, 3.63) is 35.0 Å². The van der Waals surface area contributed by atoms with Gasteiger partial charge in [-0.25, -0.2) is 0 Å². The highest BCUT2D eigenvalue weighted by molar-refractivity contribution is 5.99. The molecule has 2 heterocycles. The van der Waals surface area contributed by atoms with E-state index >= 15 is 0 Å². The van der Waals surface area contributed by atoms with Crippen molar-refractivity contribution in [1.82, 2.24) is 10.3 Å². The van der Waals surface area contributed by atoms with Crippen molar-refractivity contribution >= 4 is 16.8 Å². The lowest BCUT2D eigenvalue weighted by Gasteiger charge is -2.41. The van der Waals surface area contributed by atoms with Crippen LogP contribution in [0.5, 0.6) is 0 Å². The average molecular weight is 332 g/mol. The summed E-state index contributed by atoms with van der Waals surface area (Å²) in [5.41, 5.74) is 3.84. The van der Waals surface area contributed by atoms with Crippen LogP contribution in [0.1, 0.15) is 28.0 Å². The first-order chi connectivity index (χ1) is 11.5. The summed E-state index contributed by atoms with van der Waals surface area (Å²) in [4.78, 5) is 15.9. The van der Waals surface area contributed by atoms with Crippen LogP contribution in [0.3, 0.4) is 0 Å². The van der Waals surface area contributed by atoms with Crippen molar-refractivity contribution in [3.8, 4) is 0 Å². The van der Waals surface area contributed by atoms with Crippen molar-refractivity contribution in [1.29, 1.82) is 0 Å². The van der Waals surface area contributed by atoms with E-state index in [0.717, 1.165) is 10.9 Å². The molecule has 1 aromatic carbocycles. The molecule has 0 radical (unpaired) electrons. The van der Waals surface area contributed by atoms with Crippen LogP contribution in [-0.4, -0.2) is 50.2 Å². The fourth-order valence-electron chi connectivity index (χ4n) is 3.26. The van der Waals surface area contributed by atoms with E-state index in [0.29, 0.717) is 25.3 Å². The standard InChI is InChI=1S/C18H24N2O4/c1-11-5-6-14-13(12(11)2)9-15(19-14)17(21)20-16-10-24-8-7-18(16,22-3)23-4/h5-6,9,16,19H,7-8,10H2,1-4H3,(H,20,21)/t16-/m0/s1. The molecule has 1 saturated heterocycles. The van der Waals surface area contributed by atoms with E-state index in [1.165, 1.54) is 11.1 Å². The number of amides is 1. The van der Waals surface area contributed by atoms with Gasteiger partial charge >= 0.3 is 0 Å². The Morgan fingerprint density at radius 3 is 2.79 bits per heavy atom. The van der Waals surface area contributed by atoms with E-state index in [4.69, 9.17) is 14.2 Å². The lowest BCUT2D eigenvalue weighted by molar-refractivity contribution is -0.256. The minimum Gasteiger partial charge on any atom is -0.379 e. The molecule has 0 unspecified atom stereocenters. The summed E-state index contributed by atoms with van der Waals surface area (Å²) in [6, 6.07) is 5.55. The number of aromatic amines is 1. The quantitative estimate of drug-likeness (QED) is 0.843. The van der Waals surface area contributed by atoms with Crippen LogP contribution in [0, 0.1) is 13.8 Å². The molecular formula is C18H24N2O4. The van der Waals surface area contributed by atoms with Crippen LogP contribution >= 0.6 is 0 Å². The van der Waals surface area contributed by atoms with Crippen molar-refractivity contribution in [2.24, 2.45) is 0 Å². The lowest BCUT2D eigenvalue weighted by atomic mass is 10.0. The average Bonchev–Trinajstić information content (AvgIpc) is 3.04. The fourth-order valence-corrected chi connectivity index (χ4v) is 3.26. The van der Waals surface area contributed by atoms with E-state index in [1.54, 1.807) is 14.2 Å². The zero-order valence-electron chi connectivity index (χ0n) is 14.6. The topological polar surface area (TPSA) is 72.6 Å². The predicted molar refractivity (Wildman–Crippen MR) is 91.2 cm³/mol. The number of rotatable bonds is 4. The number of methoxy groups -OCH3 is 2. The first-order valence-corrected chi connectivity index (χ1v) is 8.08. The molecule has 3 rings (SSSR count). The number of carbonyl (C=O) groups is 1. The summed E-state index contributed by atoms with van der Waals surface area (Å²) in [5.74, 6) is -1.05. The summed E-state index contributed by atoms with van der Waals surface area (Å²) < 4.78 is 16.6. The fraction of sp³-hybridized carbons (Fsp3) is 0.500. The van der Waals surface area contributed by atoms with Gasteiger partial charge in [0.25, 0.3) is 5.91 Å². The van der Waals surface area contributed by atoms with Gasteiger partial charge in [-0.3, -0.25) is 4.79 Å². The van der Waals surface area contributed by atoms with Gasteiger partial charge < -0.3 is 24.5 Å². The number of hydrogen-bond acceptors (Lipinski definition) is 4. The van der Waals surface area contributed by atoms with Gasteiger partial charge in [-0.2, -0.15) is 0 Å². The molecule has 24 heavy (non-hydrogen) atoms. The van der Waals surface area contributed by atoms with E-state index in [1.807, 2.05) is 18.2 Å². The summed E-state index contributed by atoms with van der Waals surface area (Å²) in [5, 5.41) is 4.04. The predicted octanol–water partition coefficient (Wildman–Crippen LogP) is 2.29. The number of carbonyl (C=O) groups excluding carboxylic acids is 1. The van der Waals surface area contributed by atoms with Gasteiger partial charge in [0.1, 0.15) is 11.7 Å². The first kappa shape index (κ1) is 17.0. The van der Waals surface area contributed by atoms with Crippen LogP contribution in [0.25, 0.3) is 10.9 Å². The Balaban J connectivity index is 1.85. The summed E-state index contributed by atoms with van der Waals surface area (Å²) in [7, 11) is 3.17. The minimum atomic E-state index is -0.855. The second kappa shape index (κ2) is 6.55. The molecule has 130 valence electrons. The van der Waals surface area contributed by atoms with Crippen molar-refractivity contribution in [3.63, 3.8) is 0 Å². The molecule has 6 heteroatoms. The number of ether oxygens (including phenoxy) is 3. The Morgan fingerprint density at radius 1 is 1.33 bits per heavy atom. The van der Waals surface area contributed by atoms with Gasteiger partial charge in [0.05, 0.1) is 13.2 Å². The van der Waals surface area contributed by atoms with Crippen molar-refractivity contribution in [2.45, 2.75) is 32.1 Å². The second-order valence-corrected chi connectivity index (χ2v) is 6.22. The number of aryl methyl sites for hydroxylation is 2. The van der Waals surface area contributed by atoms with Gasteiger partial charge in [0, 0.05) is 31.5 Å². The Bertz CT molecular complexity index is 749. The third-order valence-corrected chi connectivity index (χ3v) is 4.99. The van der Waals surface area contributed by atoms with Crippen molar-refractivity contribution in [2.75, 3.05) is 27.4 Å². The van der Waals surface area contributed by atoms with Gasteiger partial charge in [-0.05, 0) is 37.1 Å². The number of aromatic nitrogens is 1. The number of benzene rings is 1. The van der Waals surface area contributed by atoms with Crippen LogP contribution in [0.2, 0.25) is 0 Å². The Hall–Kier alpha value is -1.89. The highest BCUT2D eigenvalue weighted by atomic mass is 16.7. The van der Waals surface area contributed by atoms with Crippen LogP contribution < -0.4 is 5.32 Å². The third kappa shape index (κ3) is 2.81. The largest absolute Gasteiger partial charge is 0.379 e. The monoisotopic (exact) mass is 332 g/mol. The van der Waals surface area contributed by atoms with Crippen LogP contribution in [0.4, 0.5) is 0 Å². The highest BCUT2D eigenvalue weighted by Crippen LogP contribution is 2.27. The SMILES string of the molecule is COC1(OC)CCOC[C@@H]1NC(=O)c1cc2c(C)c(C)ccc2[nH]1. The molecule has 1 aromatic heterocycles. The molecule has 0 spiro atoms. The summed E-state index contributed by atoms with van der Waals surface area (Å²) in [6.07, 6.45) is 0.565. The van der Waals surface area contributed by atoms with Crippen molar-refractivity contribution < 1.29 is 19.0 Å². The highest BCUT2D eigenvalue weighted by Gasteiger charge is 2.43. The molecular weight excluding hydrogens is 308 g/mol. The number of H-pyrrole nitrogens is 1. The number of hydrogen-bond donors (Lipinski definition) is 2. The summed E-state index contributed by atoms with van der Waals surface area (Å²) >= 11 is 0. The Morgan fingerprint density at radius 2 is 2.08 bits per heavy atom. The molecule has 1 atom stereocenters. The molecule has 1 aliphatic heterocycles. The maximum absolute atomic E-state index is 12.7. The molecule has 0 saturated carbocycles. The number of nitrogens with one attached hydrogen (secondary N) is 2. The molecule has 1 amide bonds. The van der Waals surface area contributed by atoms with Crippen LogP contribution in [0.15, 0.2) is 18.2 Å². The molecule has 6 nitrogen and oxygen atoms in total. The van der Waals surface area contributed by atoms with E-state index < -0.39 is 5.79 Å². The van der Waals surface area contributed by atoms with Gasteiger partial charge in [0.2, 0.25) is 0 Å². The van der Waals surface area contributed by atoms with E-state index in [-0.39, 0.29) is 11.9 Å². The van der Waals surface area contributed by atoms with Gasteiger partial charge in [0.15, 0.2) is 5.79 Å². The normalized spacial score (nSPS) is 20.2. The molecule has 1 aliphatic rings. The number of fused-ring (bicyclic) bond motifs is 1. The Kier molecular flexibility index (Phi) is 4.62. The van der Waals surface area contributed by atoms with E-state index in [2.05, 4.69) is 24.1 Å². The summed E-state index contributed by atoms with van der Waals surface area (Å²) in [6.45, 7) is 5.01. The molecule has 0 aliphatic carbocycles. The molecule has 2 N–H and O–H groups in total. The van der Waals surface area contributed by atoms with E-state index in [9.17, 15) is 4.79 Å². The van der Waals surface area contributed by atoms with Gasteiger partial charge in [-0.15, -0.1) is 0 Å². The molecule has 1 fully saturated rings.